The van der Waals surface area contributed by atoms with E-state index < -0.39 is 0 Å². The summed E-state index contributed by atoms with van der Waals surface area (Å²) >= 11 is 0. The number of rotatable bonds is 4. The van der Waals surface area contributed by atoms with Crippen LogP contribution in [-0.2, 0) is 0 Å². The van der Waals surface area contributed by atoms with Crippen LogP contribution in [0.15, 0.2) is 0 Å². The second kappa shape index (κ2) is 5.86. The Morgan fingerprint density at radius 1 is 1.13 bits per heavy atom. The number of hydrogen-bond acceptors (Lipinski definition) is 2. The third kappa shape index (κ3) is 2.94. The molecule has 0 saturated carbocycles. The van der Waals surface area contributed by atoms with E-state index in [1.54, 1.807) is 0 Å². The van der Waals surface area contributed by atoms with Gasteiger partial charge in [-0.3, -0.25) is 0 Å². The fraction of sp³-hybridized carbons (Fsp3) is 1.00. The largest absolute Gasteiger partial charge is 0.316 e. The van der Waals surface area contributed by atoms with E-state index in [1.165, 1.54) is 64.7 Å². The predicted molar refractivity (Wildman–Crippen MR) is 65.1 cm³/mol. The summed E-state index contributed by atoms with van der Waals surface area (Å²) in [6.45, 7) is 7.45. The third-order valence-electron chi connectivity index (χ3n) is 4.06. The molecule has 2 saturated heterocycles. The summed E-state index contributed by atoms with van der Waals surface area (Å²) in [4.78, 5) is 2.76. The number of nitrogens with zero attached hydrogens (tertiary/aromatic N) is 1. The van der Waals surface area contributed by atoms with Crippen LogP contribution in [0.1, 0.15) is 45.4 Å². The molecule has 2 heterocycles. The summed E-state index contributed by atoms with van der Waals surface area (Å²) in [5, 5.41) is 3.61. The molecule has 0 aromatic carbocycles. The Kier molecular flexibility index (Phi) is 4.45. The van der Waals surface area contributed by atoms with Gasteiger partial charge in [-0.1, -0.05) is 13.3 Å². The first-order valence-corrected chi connectivity index (χ1v) is 6.86. The molecule has 2 fully saturated rings. The fourth-order valence-corrected chi connectivity index (χ4v) is 3.28. The van der Waals surface area contributed by atoms with Crippen molar-refractivity contribution in [3.05, 3.63) is 0 Å². The van der Waals surface area contributed by atoms with Crippen LogP contribution in [0, 0.1) is 5.92 Å². The highest BCUT2D eigenvalue weighted by Gasteiger charge is 2.32. The molecule has 2 atom stereocenters. The van der Waals surface area contributed by atoms with Crippen LogP contribution >= 0.6 is 0 Å². The topological polar surface area (TPSA) is 15.3 Å². The summed E-state index contributed by atoms with van der Waals surface area (Å²) in [6, 6.07) is 0.914. The lowest BCUT2D eigenvalue weighted by molar-refractivity contribution is 0.0596. The predicted octanol–water partition coefficient (Wildman–Crippen LogP) is 2.25. The van der Waals surface area contributed by atoms with Gasteiger partial charge in [-0.25, -0.2) is 0 Å². The van der Waals surface area contributed by atoms with Crippen molar-refractivity contribution >= 4 is 0 Å². The molecule has 0 unspecified atom stereocenters. The summed E-state index contributed by atoms with van der Waals surface area (Å²) in [5.74, 6) is 0.936. The van der Waals surface area contributed by atoms with E-state index in [0.717, 1.165) is 12.0 Å². The fourth-order valence-electron chi connectivity index (χ4n) is 3.28. The summed E-state index contributed by atoms with van der Waals surface area (Å²) in [5.41, 5.74) is 0. The molecular weight excluding hydrogens is 184 g/mol. The van der Waals surface area contributed by atoms with Crippen molar-refractivity contribution in [3.8, 4) is 0 Å². The summed E-state index contributed by atoms with van der Waals surface area (Å²) < 4.78 is 0. The van der Waals surface area contributed by atoms with Gasteiger partial charge in [0.25, 0.3) is 0 Å². The van der Waals surface area contributed by atoms with E-state index in [9.17, 15) is 0 Å². The van der Waals surface area contributed by atoms with Crippen molar-refractivity contribution in [2.75, 3.05) is 26.2 Å². The molecule has 0 bridgehead atoms. The van der Waals surface area contributed by atoms with Gasteiger partial charge in [0.05, 0.1) is 0 Å². The van der Waals surface area contributed by atoms with Gasteiger partial charge in [0.1, 0.15) is 0 Å². The highest BCUT2D eigenvalue weighted by atomic mass is 15.2. The van der Waals surface area contributed by atoms with E-state index in [4.69, 9.17) is 0 Å². The highest BCUT2D eigenvalue weighted by molar-refractivity contribution is 4.87. The molecule has 2 heteroatoms. The van der Waals surface area contributed by atoms with Crippen molar-refractivity contribution in [2.45, 2.75) is 51.5 Å². The first kappa shape index (κ1) is 11.4. The zero-order chi connectivity index (χ0) is 10.5. The van der Waals surface area contributed by atoms with E-state index in [1.807, 2.05) is 0 Å². The van der Waals surface area contributed by atoms with Gasteiger partial charge in [0.2, 0.25) is 0 Å². The van der Waals surface area contributed by atoms with Crippen LogP contribution in [0.2, 0.25) is 0 Å². The summed E-state index contributed by atoms with van der Waals surface area (Å²) in [7, 11) is 0. The average Bonchev–Trinajstić information content (AvgIpc) is 2.30. The van der Waals surface area contributed by atoms with E-state index in [-0.39, 0.29) is 0 Å². The standard InChI is InChI=1S/C13H26N2/c1-2-8-14-11-12-6-5-10-15-9-4-3-7-13(12)15/h12-14H,2-11H2,1H3/t12-,13-/m1/s1. The van der Waals surface area contributed by atoms with Crippen LogP contribution in [0.25, 0.3) is 0 Å². The first-order chi connectivity index (χ1) is 7.42. The first-order valence-electron chi connectivity index (χ1n) is 6.86. The molecule has 2 aliphatic heterocycles. The molecule has 88 valence electrons. The Labute approximate surface area is 94.4 Å². The Hall–Kier alpha value is -0.0800. The SMILES string of the molecule is CCCNC[C@H]1CCCN2CCCC[C@H]12. The maximum atomic E-state index is 3.61. The van der Waals surface area contributed by atoms with Gasteiger partial charge in [0, 0.05) is 6.04 Å². The van der Waals surface area contributed by atoms with Gasteiger partial charge in [-0.2, -0.15) is 0 Å². The molecule has 0 spiro atoms. The second-order valence-corrected chi connectivity index (χ2v) is 5.21. The van der Waals surface area contributed by atoms with E-state index in [0.29, 0.717) is 0 Å². The Morgan fingerprint density at radius 2 is 2.00 bits per heavy atom. The smallest absolute Gasteiger partial charge is 0.0136 e. The van der Waals surface area contributed by atoms with Crippen LogP contribution < -0.4 is 5.32 Å². The molecular formula is C13H26N2. The second-order valence-electron chi connectivity index (χ2n) is 5.21. The van der Waals surface area contributed by atoms with Gasteiger partial charge in [-0.05, 0) is 64.2 Å². The van der Waals surface area contributed by atoms with Crippen molar-refractivity contribution in [1.29, 1.82) is 0 Å². The molecule has 0 aromatic rings. The minimum absolute atomic E-state index is 0.914. The van der Waals surface area contributed by atoms with Gasteiger partial charge < -0.3 is 10.2 Å². The van der Waals surface area contributed by atoms with Crippen LogP contribution in [0.5, 0.6) is 0 Å². The molecule has 0 amide bonds. The van der Waals surface area contributed by atoms with Crippen molar-refractivity contribution in [3.63, 3.8) is 0 Å². The van der Waals surface area contributed by atoms with Gasteiger partial charge >= 0.3 is 0 Å². The minimum Gasteiger partial charge on any atom is -0.316 e. The quantitative estimate of drug-likeness (QED) is 0.716. The number of fused-ring (bicyclic) bond motifs is 1. The maximum absolute atomic E-state index is 3.61. The zero-order valence-electron chi connectivity index (χ0n) is 10.2. The zero-order valence-corrected chi connectivity index (χ0v) is 10.2. The Balaban J connectivity index is 1.81. The van der Waals surface area contributed by atoms with Crippen molar-refractivity contribution in [2.24, 2.45) is 5.92 Å². The molecule has 0 aliphatic carbocycles. The average molecular weight is 210 g/mol. The lowest BCUT2D eigenvalue weighted by Gasteiger charge is -2.44. The van der Waals surface area contributed by atoms with E-state index >= 15 is 0 Å². The Bertz CT molecular complexity index is 179. The van der Waals surface area contributed by atoms with Crippen LogP contribution in [-0.4, -0.2) is 37.1 Å². The van der Waals surface area contributed by atoms with Crippen molar-refractivity contribution < 1.29 is 0 Å². The normalized spacial score (nSPS) is 32.6. The van der Waals surface area contributed by atoms with Crippen LogP contribution in [0.4, 0.5) is 0 Å². The third-order valence-corrected chi connectivity index (χ3v) is 4.06. The maximum Gasteiger partial charge on any atom is 0.0136 e. The molecule has 0 aromatic heterocycles. The number of nitrogens with one attached hydrogen (secondary N) is 1. The highest BCUT2D eigenvalue weighted by Crippen LogP contribution is 2.30. The summed E-state index contributed by atoms with van der Waals surface area (Å²) in [6.07, 6.45) is 8.50. The van der Waals surface area contributed by atoms with Crippen molar-refractivity contribution in [1.82, 2.24) is 10.2 Å². The van der Waals surface area contributed by atoms with Crippen LogP contribution in [0.3, 0.4) is 0 Å². The Morgan fingerprint density at radius 3 is 2.87 bits per heavy atom. The molecule has 2 rings (SSSR count). The molecule has 2 aliphatic rings. The molecule has 15 heavy (non-hydrogen) atoms. The van der Waals surface area contributed by atoms with E-state index in [2.05, 4.69) is 17.1 Å². The minimum atomic E-state index is 0.914. The molecule has 0 radical (unpaired) electrons. The number of piperidine rings is 2. The number of hydrogen-bond donors (Lipinski definition) is 1. The monoisotopic (exact) mass is 210 g/mol. The lowest BCUT2D eigenvalue weighted by atomic mass is 9.83. The molecule has 1 N–H and O–H groups in total. The lowest BCUT2D eigenvalue weighted by Crippen LogP contribution is -2.50. The van der Waals surface area contributed by atoms with Gasteiger partial charge in [0.15, 0.2) is 0 Å². The van der Waals surface area contributed by atoms with Gasteiger partial charge in [-0.15, -0.1) is 0 Å². The molecule has 2 nitrogen and oxygen atoms in total.